The van der Waals surface area contributed by atoms with E-state index in [0.717, 1.165) is 25.2 Å². The maximum absolute atomic E-state index is 12.8. The van der Waals surface area contributed by atoms with Crippen molar-refractivity contribution in [1.29, 1.82) is 0 Å². The number of imidazole rings is 1. The van der Waals surface area contributed by atoms with Gasteiger partial charge in [-0.25, -0.2) is 4.98 Å². The molecule has 1 fully saturated rings. The van der Waals surface area contributed by atoms with Gasteiger partial charge in [0.15, 0.2) is 0 Å². The van der Waals surface area contributed by atoms with E-state index in [2.05, 4.69) is 9.55 Å². The van der Waals surface area contributed by atoms with E-state index in [1.807, 2.05) is 18.0 Å². The van der Waals surface area contributed by atoms with E-state index >= 15 is 0 Å². The number of hydrogen-bond donors (Lipinski definition) is 0. The summed E-state index contributed by atoms with van der Waals surface area (Å²) in [4.78, 5) is 29.4. The topological polar surface area (TPSA) is 81.3 Å². The molecule has 0 atom stereocenters. The summed E-state index contributed by atoms with van der Waals surface area (Å²) in [6.07, 6.45) is 5.65. The van der Waals surface area contributed by atoms with E-state index in [4.69, 9.17) is 0 Å². The fourth-order valence-corrected chi connectivity index (χ4v) is 3.42. The Morgan fingerprint density at radius 3 is 2.64 bits per heavy atom. The molecule has 0 spiro atoms. The zero-order valence-electron chi connectivity index (χ0n) is 14.5. The highest BCUT2D eigenvalue weighted by atomic mass is 16.6. The fourth-order valence-electron chi connectivity index (χ4n) is 3.42. The lowest BCUT2D eigenvalue weighted by atomic mass is 9.95. The van der Waals surface area contributed by atoms with Crippen LogP contribution in [0.3, 0.4) is 0 Å². The number of aromatic nitrogens is 2. The predicted octanol–water partition coefficient (Wildman–Crippen LogP) is 2.96. The number of nitro benzene ring substituents is 1. The van der Waals surface area contributed by atoms with Gasteiger partial charge < -0.3 is 9.47 Å². The first kappa shape index (κ1) is 17.1. The van der Waals surface area contributed by atoms with E-state index in [9.17, 15) is 14.9 Å². The van der Waals surface area contributed by atoms with Crippen molar-refractivity contribution in [2.75, 3.05) is 13.1 Å². The largest absolute Gasteiger partial charge is 0.339 e. The number of likely N-dealkylation sites (tertiary alicyclic amines) is 1. The molecule has 0 aliphatic carbocycles. The summed E-state index contributed by atoms with van der Waals surface area (Å²) in [7, 11) is 0. The molecule has 0 N–H and O–H groups in total. The minimum absolute atomic E-state index is 0.00341. The zero-order chi connectivity index (χ0) is 18.0. The maximum Gasteiger partial charge on any atom is 0.273 e. The molecule has 2 heterocycles. The molecule has 1 aliphatic rings. The SMILES string of the molecule is Cc1c(C(=O)N2CCC(Cn3ccnc3C)CC2)cccc1[N+](=O)[O-]. The van der Waals surface area contributed by atoms with Crippen molar-refractivity contribution in [2.24, 2.45) is 5.92 Å². The van der Waals surface area contributed by atoms with Crippen molar-refractivity contribution in [2.45, 2.75) is 33.2 Å². The van der Waals surface area contributed by atoms with Crippen molar-refractivity contribution < 1.29 is 9.72 Å². The van der Waals surface area contributed by atoms with Gasteiger partial charge in [-0.1, -0.05) is 6.07 Å². The molecule has 0 saturated carbocycles. The molecule has 132 valence electrons. The number of rotatable bonds is 4. The third kappa shape index (κ3) is 3.55. The van der Waals surface area contributed by atoms with Crippen LogP contribution in [0.25, 0.3) is 0 Å². The van der Waals surface area contributed by atoms with Gasteiger partial charge in [-0.05, 0) is 38.7 Å². The molecule has 1 aromatic carbocycles. The molecule has 2 aromatic rings. The van der Waals surface area contributed by atoms with Gasteiger partial charge in [0.2, 0.25) is 0 Å². The van der Waals surface area contributed by atoms with Gasteiger partial charge in [0.1, 0.15) is 5.82 Å². The number of nitrogens with zero attached hydrogens (tertiary/aromatic N) is 4. The van der Waals surface area contributed by atoms with Crippen LogP contribution in [0.5, 0.6) is 0 Å². The first-order valence-corrected chi connectivity index (χ1v) is 8.48. The second-order valence-corrected chi connectivity index (χ2v) is 6.57. The molecule has 1 saturated heterocycles. The van der Waals surface area contributed by atoms with E-state index in [-0.39, 0.29) is 11.6 Å². The second kappa shape index (κ2) is 7.04. The van der Waals surface area contributed by atoms with Crippen LogP contribution in [-0.2, 0) is 6.54 Å². The minimum Gasteiger partial charge on any atom is -0.339 e. The van der Waals surface area contributed by atoms with E-state index in [0.29, 0.717) is 30.1 Å². The molecule has 0 unspecified atom stereocenters. The summed E-state index contributed by atoms with van der Waals surface area (Å²) in [6.45, 7) is 5.91. The third-order valence-corrected chi connectivity index (χ3v) is 5.01. The Morgan fingerprint density at radius 1 is 1.32 bits per heavy atom. The van der Waals surface area contributed by atoms with Crippen molar-refractivity contribution in [3.8, 4) is 0 Å². The first-order valence-electron chi connectivity index (χ1n) is 8.48. The van der Waals surface area contributed by atoms with Crippen molar-refractivity contribution in [3.05, 3.63) is 57.7 Å². The lowest BCUT2D eigenvalue weighted by Gasteiger charge is -2.32. The number of hydrogen-bond acceptors (Lipinski definition) is 4. The maximum atomic E-state index is 12.8. The Morgan fingerprint density at radius 2 is 2.04 bits per heavy atom. The average molecular weight is 342 g/mol. The molecular weight excluding hydrogens is 320 g/mol. The molecule has 3 rings (SSSR count). The summed E-state index contributed by atoms with van der Waals surface area (Å²) in [5.74, 6) is 1.41. The fraction of sp³-hybridized carbons (Fsp3) is 0.444. The average Bonchev–Trinajstić information content (AvgIpc) is 3.00. The summed E-state index contributed by atoms with van der Waals surface area (Å²) in [6, 6.07) is 4.68. The molecule has 1 amide bonds. The van der Waals surface area contributed by atoms with Gasteiger partial charge in [0, 0.05) is 49.2 Å². The van der Waals surface area contributed by atoms with Gasteiger partial charge in [-0.3, -0.25) is 14.9 Å². The Labute approximate surface area is 146 Å². The molecule has 1 aromatic heterocycles. The number of amides is 1. The van der Waals surface area contributed by atoms with E-state index in [1.54, 1.807) is 25.3 Å². The summed E-state index contributed by atoms with van der Waals surface area (Å²) < 4.78 is 2.15. The van der Waals surface area contributed by atoms with E-state index < -0.39 is 4.92 Å². The van der Waals surface area contributed by atoms with Crippen LogP contribution in [0.1, 0.15) is 34.6 Å². The van der Waals surface area contributed by atoms with Gasteiger partial charge in [0.25, 0.3) is 11.6 Å². The number of carbonyl (C=O) groups is 1. The number of benzene rings is 1. The summed E-state index contributed by atoms with van der Waals surface area (Å²) in [5.41, 5.74) is 0.864. The second-order valence-electron chi connectivity index (χ2n) is 6.57. The van der Waals surface area contributed by atoms with Crippen LogP contribution in [0, 0.1) is 29.9 Å². The van der Waals surface area contributed by atoms with Crippen molar-refractivity contribution in [3.63, 3.8) is 0 Å². The zero-order valence-corrected chi connectivity index (χ0v) is 14.5. The summed E-state index contributed by atoms with van der Waals surface area (Å²) in [5, 5.41) is 11.1. The van der Waals surface area contributed by atoms with Crippen LogP contribution in [0.4, 0.5) is 5.69 Å². The first-order chi connectivity index (χ1) is 12.0. The number of piperidine rings is 1. The predicted molar refractivity (Wildman–Crippen MR) is 93.4 cm³/mol. The van der Waals surface area contributed by atoms with Crippen LogP contribution in [0.2, 0.25) is 0 Å². The van der Waals surface area contributed by atoms with Crippen LogP contribution < -0.4 is 0 Å². The van der Waals surface area contributed by atoms with Crippen LogP contribution in [0.15, 0.2) is 30.6 Å². The Hall–Kier alpha value is -2.70. The normalized spacial score (nSPS) is 15.4. The Balaban J connectivity index is 1.65. The number of nitro groups is 1. The molecular formula is C18H22N4O3. The lowest BCUT2D eigenvalue weighted by Crippen LogP contribution is -2.39. The van der Waals surface area contributed by atoms with Crippen LogP contribution in [-0.4, -0.2) is 38.4 Å². The highest BCUT2D eigenvalue weighted by Gasteiger charge is 2.26. The van der Waals surface area contributed by atoms with Crippen LogP contribution >= 0.6 is 0 Å². The standard InChI is InChI=1S/C18H22N4O3/c1-13-16(4-3-5-17(13)22(24)25)18(23)20-9-6-15(7-10-20)12-21-11-8-19-14(21)2/h3-5,8,11,15H,6-7,9-10,12H2,1-2H3. The quantitative estimate of drug-likeness (QED) is 0.632. The molecule has 7 heteroatoms. The van der Waals surface area contributed by atoms with Crippen molar-refractivity contribution in [1.82, 2.24) is 14.5 Å². The molecule has 0 radical (unpaired) electrons. The highest BCUT2D eigenvalue weighted by Crippen LogP contribution is 2.25. The molecule has 0 bridgehead atoms. The lowest BCUT2D eigenvalue weighted by molar-refractivity contribution is -0.385. The summed E-state index contributed by atoms with van der Waals surface area (Å²) >= 11 is 0. The molecule has 1 aliphatic heterocycles. The van der Waals surface area contributed by atoms with Gasteiger partial charge >= 0.3 is 0 Å². The number of aryl methyl sites for hydroxylation is 1. The van der Waals surface area contributed by atoms with Crippen molar-refractivity contribution >= 4 is 11.6 Å². The molecule has 25 heavy (non-hydrogen) atoms. The minimum atomic E-state index is -0.439. The smallest absolute Gasteiger partial charge is 0.273 e. The van der Waals surface area contributed by atoms with Gasteiger partial charge in [0.05, 0.1) is 4.92 Å². The van der Waals surface area contributed by atoms with E-state index in [1.165, 1.54) is 6.07 Å². The Kier molecular flexibility index (Phi) is 4.83. The van der Waals surface area contributed by atoms with Gasteiger partial charge in [-0.2, -0.15) is 0 Å². The Bertz CT molecular complexity index is 791. The monoisotopic (exact) mass is 342 g/mol. The third-order valence-electron chi connectivity index (χ3n) is 5.01. The van der Waals surface area contributed by atoms with Gasteiger partial charge in [-0.15, -0.1) is 0 Å². The number of carbonyl (C=O) groups excluding carboxylic acids is 1. The highest BCUT2D eigenvalue weighted by molar-refractivity contribution is 5.96. The molecule has 7 nitrogen and oxygen atoms in total.